The van der Waals surface area contributed by atoms with Gasteiger partial charge in [0, 0.05) is 48.1 Å². The van der Waals surface area contributed by atoms with Crippen molar-refractivity contribution >= 4 is 17.3 Å². The Morgan fingerprint density at radius 3 is 2.61 bits per heavy atom. The van der Waals surface area contributed by atoms with Gasteiger partial charge >= 0.3 is 6.18 Å². The van der Waals surface area contributed by atoms with Gasteiger partial charge in [-0.1, -0.05) is 25.1 Å². The summed E-state index contributed by atoms with van der Waals surface area (Å²) >= 11 is 0. The molecule has 248 valence electrons. The van der Waals surface area contributed by atoms with Crippen LogP contribution in [-0.4, -0.2) is 79.8 Å². The second-order valence-corrected chi connectivity index (χ2v) is 13.3. The van der Waals surface area contributed by atoms with Crippen molar-refractivity contribution in [2.75, 3.05) is 44.9 Å². The van der Waals surface area contributed by atoms with Crippen LogP contribution in [0.4, 0.5) is 27.6 Å². The van der Waals surface area contributed by atoms with Gasteiger partial charge in [0.05, 0.1) is 32.0 Å². The van der Waals surface area contributed by atoms with Gasteiger partial charge in [-0.25, -0.2) is 8.78 Å². The highest BCUT2D eigenvalue weighted by Crippen LogP contribution is 2.43. The minimum atomic E-state index is -4.68. The van der Waals surface area contributed by atoms with Crippen molar-refractivity contribution in [1.82, 2.24) is 9.80 Å². The molecule has 1 unspecified atom stereocenters. The molecule has 4 aliphatic rings. The summed E-state index contributed by atoms with van der Waals surface area (Å²) in [6, 6.07) is 10.3. The smallest absolute Gasteiger partial charge is 0.379 e. The van der Waals surface area contributed by atoms with E-state index in [0.717, 1.165) is 49.4 Å². The maximum absolute atomic E-state index is 14.3. The van der Waals surface area contributed by atoms with Crippen LogP contribution in [0.1, 0.15) is 71.1 Å². The molecule has 2 saturated heterocycles. The SMILES string of the molecule is C=C/C1=N/CN(C)C(CC2(c3cccc(N4Cc5c(cc(CN6CC[C@@H](F)[C@H](F)C6)cc5C(F)(F)F)C4=O)c3)COC2)CCCC1. The minimum absolute atomic E-state index is 0.000698. The van der Waals surface area contributed by atoms with E-state index in [9.17, 15) is 26.7 Å². The van der Waals surface area contributed by atoms with Crippen molar-refractivity contribution in [3.63, 3.8) is 0 Å². The third kappa shape index (κ3) is 6.64. The standard InChI is InChI=1S/C35H41F5N4O2/c1-3-25-8-4-5-9-27(42(2)22-41-25)16-34(20-46-21-34)24-7-6-10-26(15-24)44-18-29-28(33(44)45)13-23(14-30(29)35(38,39)40)17-43-12-11-31(36)32(37)19-43/h3,6-7,10,13-15,27,31-32H,1,4-5,8-9,11-12,16-22H2,2H3/b41-25-/t27?,31-,32-/m1/s1. The number of ether oxygens (including phenoxy) is 1. The van der Waals surface area contributed by atoms with Crippen LogP contribution in [0.25, 0.3) is 0 Å². The van der Waals surface area contributed by atoms with E-state index in [-0.39, 0.29) is 60.7 Å². The van der Waals surface area contributed by atoms with Crippen LogP contribution in [0, 0.1) is 0 Å². The van der Waals surface area contributed by atoms with Crippen LogP contribution in [0.5, 0.6) is 0 Å². The molecular weight excluding hydrogens is 603 g/mol. The number of hydrogen-bond donors (Lipinski definition) is 0. The Kier molecular flexibility index (Phi) is 9.38. The first kappa shape index (κ1) is 32.8. The first-order valence-corrected chi connectivity index (χ1v) is 16.1. The fourth-order valence-electron chi connectivity index (χ4n) is 7.30. The van der Waals surface area contributed by atoms with E-state index in [0.29, 0.717) is 25.6 Å². The number of anilines is 1. The van der Waals surface area contributed by atoms with Crippen LogP contribution < -0.4 is 4.90 Å². The summed E-state index contributed by atoms with van der Waals surface area (Å²) in [5, 5.41) is 0. The summed E-state index contributed by atoms with van der Waals surface area (Å²) in [4.78, 5) is 23.8. The number of halogens is 5. The number of piperidine rings is 1. The lowest BCUT2D eigenvalue weighted by atomic mass is 9.72. The average molecular weight is 645 g/mol. The third-order valence-corrected chi connectivity index (χ3v) is 10.1. The van der Waals surface area contributed by atoms with Crippen LogP contribution in [0.3, 0.4) is 0 Å². The summed E-state index contributed by atoms with van der Waals surface area (Å²) in [5.41, 5.74) is 1.60. The van der Waals surface area contributed by atoms with Crippen LogP contribution in [-0.2, 0) is 29.4 Å². The highest BCUT2D eigenvalue weighted by Gasteiger charge is 2.44. The number of carbonyl (C=O) groups excluding carboxylic acids is 1. The Labute approximate surface area is 266 Å². The Hall–Kier alpha value is -3.15. The second-order valence-electron chi connectivity index (χ2n) is 13.3. The topological polar surface area (TPSA) is 48.4 Å². The second kappa shape index (κ2) is 13.2. The molecule has 0 radical (unpaired) electrons. The van der Waals surface area contributed by atoms with Gasteiger partial charge < -0.3 is 9.64 Å². The molecule has 1 amide bonds. The van der Waals surface area contributed by atoms with Crippen molar-refractivity contribution in [1.29, 1.82) is 0 Å². The summed E-state index contributed by atoms with van der Waals surface area (Å²) < 4.78 is 76.4. The highest BCUT2D eigenvalue weighted by molar-refractivity contribution is 6.10. The number of fused-ring (bicyclic) bond motifs is 1. The van der Waals surface area contributed by atoms with Crippen molar-refractivity contribution in [2.24, 2.45) is 4.99 Å². The lowest BCUT2D eigenvalue weighted by Gasteiger charge is -2.46. The molecule has 0 bridgehead atoms. The van der Waals surface area contributed by atoms with Crippen molar-refractivity contribution < 1.29 is 31.5 Å². The Bertz CT molecular complexity index is 1490. The van der Waals surface area contributed by atoms with E-state index in [1.54, 1.807) is 11.0 Å². The number of carbonyl (C=O) groups is 1. The Morgan fingerprint density at radius 1 is 1.11 bits per heavy atom. The molecule has 4 heterocycles. The Balaban J connectivity index is 1.25. The molecule has 2 aromatic rings. The number of nitrogens with zero attached hydrogens (tertiary/aromatic N) is 4. The lowest BCUT2D eigenvalue weighted by Crippen LogP contribution is -2.51. The number of aliphatic imine (C=N–C) groups is 1. The molecule has 3 atom stereocenters. The van der Waals surface area contributed by atoms with Crippen molar-refractivity contribution in [3.05, 3.63) is 76.9 Å². The average Bonchev–Trinajstić information content (AvgIpc) is 3.37. The lowest BCUT2D eigenvalue weighted by molar-refractivity contribution is -0.138. The van der Waals surface area contributed by atoms with Gasteiger partial charge in [0.15, 0.2) is 0 Å². The highest BCUT2D eigenvalue weighted by atomic mass is 19.4. The number of likely N-dealkylation sites (tertiary alicyclic amines) is 1. The van der Waals surface area contributed by atoms with Crippen LogP contribution in [0.2, 0.25) is 0 Å². The van der Waals surface area contributed by atoms with Crippen molar-refractivity contribution in [2.45, 2.75) is 81.6 Å². The Morgan fingerprint density at radius 2 is 1.91 bits per heavy atom. The summed E-state index contributed by atoms with van der Waals surface area (Å²) in [5.74, 6) is -0.504. The molecule has 0 aromatic heterocycles. The molecule has 0 aliphatic carbocycles. The van der Waals surface area contributed by atoms with Gasteiger partial charge in [-0.05, 0) is 86.2 Å². The zero-order valence-electron chi connectivity index (χ0n) is 26.2. The zero-order chi connectivity index (χ0) is 32.6. The largest absolute Gasteiger partial charge is 0.416 e. The number of alkyl halides is 5. The summed E-state index contributed by atoms with van der Waals surface area (Å²) in [6.07, 6.45) is -1.26. The molecule has 0 N–H and O–H groups in total. The van der Waals surface area contributed by atoms with E-state index < -0.39 is 30.0 Å². The van der Waals surface area contributed by atoms with E-state index >= 15 is 0 Å². The molecule has 4 aliphatic heterocycles. The van der Waals surface area contributed by atoms with Crippen LogP contribution in [0.15, 0.2) is 54.0 Å². The number of allylic oxidation sites excluding steroid dienone is 1. The molecule has 2 fully saturated rings. The monoisotopic (exact) mass is 644 g/mol. The molecule has 6 rings (SSSR count). The number of benzene rings is 2. The third-order valence-electron chi connectivity index (χ3n) is 10.1. The van der Waals surface area contributed by atoms with E-state index in [4.69, 9.17) is 9.73 Å². The first-order chi connectivity index (χ1) is 22.0. The van der Waals surface area contributed by atoms with Gasteiger partial charge in [0.2, 0.25) is 0 Å². The summed E-state index contributed by atoms with van der Waals surface area (Å²) in [7, 11) is 2.08. The van der Waals surface area contributed by atoms with E-state index in [2.05, 4.69) is 18.5 Å². The van der Waals surface area contributed by atoms with Crippen LogP contribution >= 0.6 is 0 Å². The fraction of sp³-hybridized carbons (Fsp3) is 0.543. The first-order valence-electron chi connectivity index (χ1n) is 16.1. The molecule has 11 heteroatoms. The predicted molar refractivity (Wildman–Crippen MR) is 168 cm³/mol. The normalized spacial score (nSPS) is 27.2. The number of hydrogen-bond acceptors (Lipinski definition) is 5. The quantitative estimate of drug-likeness (QED) is 0.309. The van der Waals surface area contributed by atoms with Gasteiger partial charge in [-0.3, -0.25) is 19.6 Å². The molecule has 0 saturated carbocycles. The maximum atomic E-state index is 14.3. The summed E-state index contributed by atoms with van der Waals surface area (Å²) in [6.45, 7) is 5.35. The minimum Gasteiger partial charge on any atom is -0.379 e. The van der Waals surface area contributed by atoms with E-state index in [1.807, 2.05) is 24.3 Å². The molecule has 6 nitrogen and oxygen atoms in total. The fourth-order valence-corrected chi connectivity index (χ4v) is 7.30. The van der Waals surface area contributed by atoms with E-state index in [1.165, 1.54) is 11.0 Å². The van der Waals surface area contributed by atoms with Gasteiger partial charge in [-0.15, -0.1) is 0 Å². The molecule has 46 heavy (non-hydrogen) atoms. The van der Waals surface area contributed by atoms with Gasteiger partial charge in [-0.2, -0.15) is 13.2 Å². The predicted octanol–water partition coefficient (Wildman–Crippen LogP) is 6.86. The van der Waals surface area contributed by atoms with Gasteiger partial charge in [0.1, 0.15) is 12.3 Å². The number of rotatable bonds is 7. The van der Waals surface area contributed by atoms with Crippen molar-refractivity contribution in [3.8, 4) is 0 Å². The molecule has 0 spiro atoms. The van der Waals surface area contributed by atoms with Gasteiger partial charge in [0.25, 0.3) is 5.91 Å². The molecule has 2 aromatic carbocycles. The maximum Gasteiger partial charge on any atom is 0.416 e. The zero-order valence-corrected chi connectivity index (χ0v) is 26.2. The number of amides is 1. The molecular formula is C35H41F5N4O2.